The first kappa shape index (κ1) is 21.3. The normalized spacial score (nSPS) is 13.0. The highest BCUT2D eigenvalue weighted by atomic mass is 32.2. The minimum Gasteiger partial charge on any atom is -0.463 e. The van der Waals surface area contributed by atoms with Gasteiger partial charge in [-0.15, -0.1) is 0 Å². The van der Waals surface area contributed by atoms with E-state index in [1.807, 2.05) is 0 Å². The number of ether oxygens (including phenoxy) is 2. The van der Waals surface area contributed by atoms with Gasteiger partial charge in [-0.05, 0) is 19.3 Å². The van der Waals surface area contributed by atoms with Crippen LogP contribution in [-0.4, -0.2) is 44.5 Å². The van der Waals surface area contributed by atoms with Gasteiger partial charge in [-0.25, -0.2) is 0 Å². The number of rotatable bonds is 14. The molecule has 0 spiro atoms. The smallest absolute Gasteiger partial charge is 0.305 e. The Kier molecular flexibility index (Phi) is 12.5. The second kappa shape index (κ2) is 12.8. The third-order valence-corrected chi connectivity index (χ3v) is 5.00. The van der Waals surface area contributed by atoms with Crippen LogP contribution in [0, 0.1) is 0 Å². The molecule has 0 aromatic rings. The molecule has 0 radical (unpaired) electrons. The quantitative estimate of drug-likeness (QED) is 0.297. The fourth-order valence-electron chi connectivity index (χ4n) is 2.22. The maximum atomic E-state index is 11.3. The molecule has 0 saturated carbocycles. The highest BCUT2D eigenvalue weighted by Crippen LogP contribution is 2.15. The molecular formula is C15H30O6S. The Hall–Kier alpha value is -0.660. The van der Waals surface area contributed by atoms with E-state index in [-0.39, 0.29) is 5.97 Å². The van der Waals surface area contributed by atoms with E-state index in [2.05, 4.69) is 0 Å². The van der Waals surface area contributed by atoms with Crippen molar-refractivity contribution in [2.45, 2.75) is 70.0 Å². The average Bonchev–Trinajstić information content (AvgIpc) is 2.44. The van der Waals surface area contributed by atoms with Gasteiger partial charge in [0.15, 0.2) is 0 Å². The lowest BCUT2D eigenvalue weighted by Crippen LogP contribution is -2.19. The van der Waals surface area contributed by atoms with Crippen LogP contribution in [0.25, 0.3) is 0 Å². The Labute approximate surface area is 134 Å². The number of carbonyl (C=O) groups excluding carboxylic acids is 1. The maximum Gasteiger partial charge on any atom is 0.305 e. The lowest BCUT2D eigenvalue weighted by molar-refractivity contribution is -0.145. The second-order valence-electron chi connectivity index (χ2n) is 5.42. The number of methoxy groups -OCH3 is 1. The summed E-state index contributed by atoms with van der Waals surface area (Å²) in [5, 5.41) is -0.630. The molecule has 0 bridgehead atoms. The summed E-state index contributed by atoms with van der Waals surface area (Å²) in [6.07, 6.45) is 6.97. The summed E-state index contributed by atoms with van der Waals surface area (Å²) in [5.41, 5.74) is 0. The summed E-state index contributed by atoms with van der Waals surface area (Å²) in [5.74, 6) is -0.184. The Bertz CT molecular complexity index is 379. The molecule has 0 amide bonds. The molecular weight excluding hydrogens is 308 g/mol. The van der Waals surface area contributed by atoms with E-state index in [1.165, 1.54) is 0 Å². The molecule has 132 valence electrons. The molecule has 0 rings (SSSR count). The van der Waals surface area contributed by atoms with Gasteiger partial charge in [0.25, 0.3) is 10.1 Å². The highest BCUT2D eigenvalue weighted by molar-refractivity contribution is 7.86. The number of hydrogen-bond acceptors (Lipinski definition) is 5. The summed E-state index contributed by atoms with van der Waals surface area (Å²) < 4.78 is 40.8. The molecule has 1 N–H and O–H groups in total. The predicted octanol–water partition coefficient (Wildman–Crippen LogP) is 2.96. The zero-order valence-electron chi connectivity index (χ0n) is 13.8. The van der Waals surface area contributed by atoms with Crippen molar-refractivity contribution in [1.29, 1.82) is 0 Å². The molecule has 0 aromatic carbocycles. The van der Waals surface area contributed by atoms with Crippen molar-refractivity contribution in [3.63, 3.8) is 0 Å². The number of esters is 1. The average molecular weight is 338 g/mol. The van der Waals surface area contributed by atoms with E-state index < -0.39 is 15.4 Å². The Morgan fingerprint density at radius 1 is 1.05 bits per heavy atom. The molecule has 7 heteroatoms. The number of unbranched alkanes of at least 4 members (excludes halogenated alkanes) is 5. The van der Waals surface area contributed by atoms with E-state index in [4.69, 9.17) is 14.0 Å². The van der Waals surface area contributed by atoms with Gasteiger partial charge in [0.1, 0.15) is 6.61 Å². The molecule has 0 aliphatic rings. The van der Waals surface area contributed by atoms with Gasteiger partial charge in [-0.2, -0.15) is 8.42 Å². The van der Waals surface area contributed by atoms with Gasteiger partial charge in [0, 0.05) is 13.5 Å². The first-order valence-electron chi connectivity index (χ1n) is 8.02. The SMILES string of the molecule is CCC(CCCCCCCCC(=O)OCCOC)S(=O)(=O)O. The minimum absolute atomic E-state index is 0.184. The molecule has 6 nitrogen and oxygen atoms in total. The van der Waals surface area contributed by atoms with Crippen molar-refractivity contribution < 1.29 is 27.2 Å². The molecule has 0 fully saturated rings. The zero-order chi connectivity index (χ0) is 16.8. The van der Waals surface area contributed by atoms with Crippen molar-refractivity contribution in [3.8, 4) is 0 Å². The first-order chi connectivity index (χ1) is 10.4. The molecule has 0 heterocycles. The molecule has 22 heavy (non-hydrogen) atoms. The topological polar surface area (TPSA) is 89.9 Å². The van der Waals surface area contributed by atoms with Crippen LogP contribution >= 0.6 is 0 Å². The van der Waals surface area contributed by atoms with Crippen LogP contribution < -0.4 is 0 Å². The van der Waals surface area contributed by atoms with Crippen LogP contribution in [0.3, 0.4) is 0 Å². The van der Waals surface area contributed by atoms with Crippen molar-refractivity contribution in [2.24, 2.45) is 0 Å². The molecule has 1 atom stereocenters. The first-order valence-corrected chi connectivity index (χ1v) is 9.53. The largest absolute Gasteiger partial charge is 0.463 e. The van der Waals surface area contributed by atoms with Crippen LogP contribution in [0.15, 0.2) is 0 Å². The van der Waals surface area contributed by atoms with Crippen LogP contribution in [-0.2, 0) is 24.4 Å². The highest BCUT2D eigenvalue weighted by Gasteiger charge is 2.19. The molecule has 0 saturated heterocycles. The van der Waals surface area contributed by atoms with E-state index in [0.717, 1.165) is 38.5 Å². The maximum absolute atomic E-state index is 11.3. The van der Waals surface area contributed by atoms with Crippen LogP contribution in [0.4, 0.5) is 0 Å². The molecule has 1 unspecified atom stereocenters. The van der Waals surface area contributed by atoms with Crippen molar-refractivity contribution in [2.75, 3.05) is 20.3 Å². The van der Waals surface area contributed by atoms with Gasteiger partial charge >= 0.3 is 5.97 Å². The second-order valence-corrected chi connectivity index (χ2v) is 7.12. The predicted molar refractivity (Wildman–Crippen MR) is 85.4 cm³/mol. The van der Waals surface area contributed by atoms with E-state index >= 15 is 0 Å². The summed E-state index contributed by atoms with van der Waals surface area (Å²) in [4.78, 5) is 11.3. The Morgan fingerprint density at radius 3 is 2.18 bits per heavy atom. The third-order valence-electron chi connectivity index (χ3n) is 3.58. The summed E-state index contributed by atoms with van der Waals surface area (Å²) in [6, 6.07) is 0. The fraction of sp³-hybridized carbons (Fsp3) is 0.933. The van der Waals surface area contributed by atoms with Gasteiger partial charge in [-0.3, -0.25) is 9.35 Å². The van der Waals surface area contributed by atoms with Gasteiger partial charge in [-0.1, -0.05) is 39.0 Å². The lowest BCUT2D eigenvalue weighted by atomic mass is 10.1. The summed E-state index contributed by atoms with van der Waals surface area (Å²) in [6.45, 7) is 2.50. The van der Waals surface area contributed by atoms with Crippen molar-refractivity contribution in [1.82, 2.24) is 0 Å². The monoisotopic (exact) mass is 338 g/mol. The summed E-state index contributed by atoms with van der Waals surface area (Å²) in [7, 11) is -2.33. The minimum atomic E-state index is -3.90. The molecule has 0 aromatic heterocycles. The van der Waals surface area contributed by atoms with Crippen molar-refractivity contribution in [3.05, 3.63) is 0 Å². The number of hydrogen-bond donors (Lipinski definition) is 1. The standard InChI is InChI=1S/C15H30O6S/c1-3-14(22(17,18)19)10-8-6-4-5-7-9-11-15(16)21-13-12-20-2/h14H,3-13H2,1-2H3,(H,17,18,19). The molecule has 0 aliphatic carbocycles. The fourth-order valence-corrected chi connectivity index (χ4v) is 3.11. The Morgan fingerprint density at radius 2 is 1.64 bits per heavy atom. The summed E-state index contributed by atoms with van der Waals surface area (Å²) >= 11 is 0. The lowest BCUT2D eigenvalue weighted by Gasteiger charge is -2.10. The van der Waals surface area contributed by atoms with Gasteiger partial charge in [0.05, 0.1) is 11.9 Å². The molecule has 0 aliphatic heterocycles. The van der Waals surface area contributed by atoms with Crippen LogP contribution in [0.5, 0.6) is 0 Å². The van der Waals surface area contributed by atoms with Gasteiger partial charge in [0.2, 0.25) is 0 Å². The van der Waals surface area contributed by atoms with E-state index in [0.29, 0.717) is 32.5 Å². The van der Waals surface area contributed by atoms with E-state index in [1.54, 1.807) is 14.0 Å². The Balaban J connectivity index is 3.45. The number of carbonyl (C=O) groups is 1. The van der Waals surface area contributed by atoms with Crippen LogP contribution in [0.1, 0.15) is 64.7 Å². The zero-order valence-corrected chi connectivity index (χ0v) is 14.6. The van der Waals surface area contributed by atoms with E-state index in [9.17, 15) is 13.2 Å². The van der Waals surface area contributed by atoms with Crippen LogP contribution in [0.2, 0.25) is 0 Å². The van der Waals surface area contributed by atoms with Crippen molar-refractivity contribution >= 4 is 16.1 Å². The van der Waals surface area contributed by atoms with Gasteiger partial charge < -0.3 is 9.47 Å². The third kappa shape index (κ3) is 11.9.